The molecule has 2 aromatic heterocycles. The Hall–Kier alpha value is -4.01. The molecule has 0 radical (unpaired) electrons. The molecule has 0 saturated heterocycles. The molecular weight excluding hydrogens is 446 g/mol. The summed E-state index contributed by atoms with van der Waals surface area (Å²) in [6, 6.07) is 10.1. The van der Waals surface area contributed by atoms with Crippen molar-refractivity contribution in [3.63, 3.8) is 0 Å². The lowest BCUT2D eigenvalue weighted by Crippen LogP contribution is -2.35. The SMILES string of the molecule is O=C(c1ccccn1)c1c(F)c(F)c(F)c2c1C[n+]1c(-c3ccc(F)c(F)c3F)cccc1-2. The highest BCUT2D eigenvalue weighted by molar-refractivity contribution is 6.09. The molecule has 33 heavy (non-hydrogen) atoms. The van der Waals surface area contributed by atoms with Gasteiger partial charge in [0.05, 0.1) is 16.7 Å². The zero-order valence-electron chi connectivity index (χ0n) is 16.5. The van der Waals surface area contributed by atoms with Gasteiger partial charge in [0.25, 0.3) is 0 Å². The number of hydrogen-bond donors (Lipinski definition) is 0. The molecule has 0 bridgehead atoms. The van der Waals surface area contributed by atoms with Gasteiger partial charge in [-0.25, -0.2) is 26.3 Å². The van der Waals surface area contributed by atoms with E-state index in [0.717, 1.165) is 12.1 Å². The molecule has 9 heteroatoms. The quantitative estimate of drug-likeness (QED) is 0.163. The number of hydrogen-bond acceptors (Lipinski definition) is 2. The van der Waals surface area contributed by atoms with E-state index >= 15 is 0 Å². The second-order valence-electron chi connectivity index (χ2n) is 7.32. The molecule has 0 amide bonds. The molecule has 1 aliphatic rings. The Morgan fingerprint density at radius 1 is 0.758 bits per heavy atom. The van der Waals surface area contributed by atoms with Gasteiger partial charge in [-0.1, -0.05) is 6.07 Å². The molecule has 1 aliphatic heterocycles. The van der Waals surface area contributed by atoms with Gasteiger partial charge in [-0.15, -0.1) is 0 Å². The van der Waals surface area contributed by atoms with Gasteiger partial charge in [0, 0.05) is 23.9 Å². The zero-order valence-corrected chi connectivity index (χ0v) is 16.5. The van der Waals surface area contributed by atoms with E-state index in [1.54, 1.807) is 0 Å². The number of rotatable bonds is 3. The third-order valence-corrected chi connectivity index (χ3v) is 5.53. The lowest BCUT2D eigenvalue weighted by molar-refractivity contribution is -0.661. The van der Waals surface area contributed by atoms with Gasteiger partial charge in [-0.05, 0) is 30.3 Å². The van der Waals surface area contributed by atoms with Crippen LogP contribution in [0.2, 0.25) is 0 Å². The predicted molar refractivity (Wildman–Crippen MR) is 104 cm³/mol. The molecule has 3 heterocycles. The Balaban J connectivity index is 1.76. The molecule has 0 saturated carbocycles. The van der Waals surface area contributed by atoms with Crippen molar-refractivity contribution in [2.75, 3.05) is 0 Å². The highest BCUT2D eigenvalue weighted by atomic mass is 19.2. The Kier molecular flexibility index (Phi) is 4.77. The highest BCUT2D eigenvalue weighted by Crippen LogP contribution is 2.38. The number of nitrogens with zero attached hydrogens (tertiary/aromatic N) is 2. The summed E-state index contributed by atoms with van der Waals surface area (Å²) >= 11 is 0. The number of carbonyl (C=O) groups excluding carboxylic acids is 1. The average molecular weight is 457 g/mol. The van der Waals surface area contributed by atoms with Crippen LogP contribution in [0.25, 0.3) is 22.5 Å². The van der Waals surface area contributed by atoms with Crippen molar-refractivity contribution in [2.45, 2.75) is 6.54 Å². The summed E-state index contributed by atoms with van der Waals surface area (Å²) in [6.45, 7) is -0.346. The summed E-state index contributed by atoms with van der Waals surface area (Å²) in [6.07, 6.45) is 1.29. The zero-order chi connectivity index (χ0) is 23.4. The first-order valence-corrected chi connectivity index (χ1v) is 9.63. The van der Waals surface area contributed by atoms with Crippen LogP contribution in [0, 0.1) is 34.9 Å². The topological polar surface area (TPSA) is 33.8 Å². The van der Waals surface area contributed by atoms with Crippen molar-refractivity contribution in [1.82, 2.24) is 4.98 Å². The molecular formula is C24H11F6N2O+. The van der Waals surface area contributed by atoms with Crippen LogP contribution in [0.3, 0.4) is 0 Å². The molecule has 5 rings (SSSR count). The number of fused-ring (bicyclic) bond motifs is 3. The molecule has 164 valence electrons. The van der Waals surface area contributed by atoms with Gasteiger partial charge in [0.2, 0.25) is 17.2 Å². The first kappa shape index (κ1) is 20.9. The second kappa shape index (κ2) is 7.54. The van der Waals surface area contributed by atoms with Crippen LogP contribution in [-0.2, 0) is 6.54 Å². The van der Waals surface area contributed by atoms with Crippen LogP contribution < -0.4 is 4.57 Å². The van der Waals surface area contributed by atoms with Crippen LogP contribution in [0.15, 0.2) is 54.7 Å². The van der Waals surface area contributed by atoms with Crippen LogP contribution in [-0.4, -0.2) is 10.8 Å². The number of halogens is 6. The van der Waals surface area contributed by atoms with Crippen molar-refractivity contribution < 1.29 is 35.7 Å². The smallest absolute Gasteiger partial charge is 0.216 e. The molecule has 0 atom stereocenters. The fraction of sp³-hybridized carbons (Fsp3) is 0.0417. The minimum atomic E-state index is -1.84. The molecule has 4 aromatic rings. The molecule has 0 N–H and O–H groups in total. The van der Waals surface area contributed by atoms with E-state index in [4.69, 9.17) is 0 Å². The van der Waals surface area contributed by atoms with Gasteiger partial charge in [0.15, 0.2) is 41.4 Å². The first-order valence-electron chi connectivity index (χ1n) is 9.63. The number of carbonyl (C=O) groups is 1. The van der Waals surface area contributed by atoms with Crippen molar-refractivity contribution >= 4 is 5.78 Å². The second-order valence-corrected chi connectivity index (χ2v) is 7.32. The van der Waals surface area contributed by atoms with Gasteiger partial charge in [-0.3, -0.25) is 9.78 Å². The normalized spacial score (nSPS) is 11.9. The molecule has 0 spiro atoms. The fourth-order valence-electron chi connectivity index (χ4n) is 4.04. The summed E-state index contributed by atoms with van der Waals surface area (Å²) in [7, 11) is 0. The number of ketones is 1. The Morgan fingerprint density at radius 3 is 2.24 bits per heavy atom. The standard InChI is InChI=1S/C24H11F6N2O/c25-13-8-7-11(19(26)20(13)27)15-5-3-6-16-17-12(10-32(15)16)18(22(29)23(30)21(17)28)24(33)14-4-1-2-9-31-14/h1-9H,10H2/q+1. The predicted octanol–water partition coefficient (Wildman–Crippen LogP) is 5.13. The van der Waals surface area contributed by atoms with E-state index < -0.39 is 46.3 Å². The van der Waals surface area contributed by atoms with Crippen molar-refractivity contribution in [2.24, 2.45) is 0 Å². The average Bonchev–Trinajstić information content (AvgIpc) is 3.21. The molecule has 0 aliphatic carbocycles. The Labute approximate surface area is 182 Å². The maximum Gasteiger partial charge on any atom is 0.216 e. The highest BCUT2D eigenvalue weighted by Gasteiger charge is 2.40. The molecule has 0 fully saturated rings. The maximum atomic E-state index is 14.9. The lowest BCUT2D eigenvalue weighted by Gasteiger charge is -2.08. The lowest BCUT2D eigenvalue weighted by atomic mass is 9.95. The number of benzene rings is 2. The van der Waals surface area contributed by atoms with Crippen LogP contribution >= 0.6 is 0 Å². The van der Waals surface area contributed by atoms with Gasteiger partial charge >= 0.3 is 0 Å². The molecule has 0 unspecified atom stereocenters. The first-order chi connectivity index (χ1) is 15.8. The molecule has 3 nitrogen and oxygen atoms in total. The van der Waals surface area contributed by atoms with Crippen LogP contribution in [0.4, 0.5) is 26.3 Å². The summed E-state index contributed by atoms with van der Waals surface area (Å²) in [5.74, 6) is -10.6. The number of aromatic nitrogens is 2. The summed E-state index contributed by atoms with van der Waals surface area (Å²) in [4.78, 5) is 16.8. The van der Waals surface area contributed by atoms with Gasteiger partial charge < -0.3 is 0 Å². The largest absolute Gasteiger partial charge is 0.287 e. The van der Waals surface area contributed by atoms with Crippen LogP contribution in [0.1, 0.15) is 21.6 Å². The van der Waals surface area contributed by atoms with E-state index in [0.29, 0.717) is 0 Å². The maximum absolute atomic E-state index is 14.9. The monoisotopic (exact) mass is 457 g/mol. The minimum absolute atomic E-state index is 0.00319. The van der Waals surface area contributed by atoms with Crippen molar-refractivity contribution in [1.29, 1.82) is 0 Å². The number of pyridine rings is 2. The fourth-order valence-corrected chi connectivity index (χ4v) is 4.04. The van der Waals surface area contributed by atoms with Crippen molar-refractivity contribution in [3.8, 4) is 22.5 Å². The van der Waals surface area contributed by atoms with E-state index in [-0.39, 0.29) is 40.3 Å². The van der Waals surface area contributed by atoms with E-state index in [9.17, 15) is 31.1 Å². The third-order valence-electron chi connectivity index (χ3n) is 5.53. The van der Waals surface area contributed by atoms with E-state index in [1.165, 1.54) is 47.2 Å². The minimum Gasteiger partial charge on any atom is -0.287 e. The summed E-state index contributed by atoms with van der Waals surface area (Å²) < 4.78 is 87.3. The third kappa shape index (κ3) is 3.03. The van der Waals surface area contributed by atoms with E-state index in [1.807, 2.05) is 0 Å². The van der Waals surface area contributed by atoms with Gasteiger partial charge in [-0.2, -0.15) is 4.57 Å². The van der Waals surface area contributed by atoms with E-state index in [2.05, 4.69) is 4.98 Å². The van der Waals surface area contributed by atoms with Crippen molar-refractivity contribution in [3.05, 3.63) is 106 Å². The van der Waals surface area contributed by atoms with Crippen LogP contribution in [0.5, 0.6) is 0 Å². The summed E-state index contributed by atoms with van der Waals surface area (Å²) in [5.41, 5.74) is -1.77. The summed E-state index contributed by atoms with van der Waals surface area (Å²) in [5, 5.41) is 0. The Morgan fingerprint density at radius 2 is 1.52 bits per heavy atom. The molecule has 2 aromatic carbocycles. The Bertz CT molecular complexity index is 1470. The van der Waals surface area contributed by atoms with Gasteiger partial charge in [0.1, 0.15) is 5.69 Å².